The molecule has 1 fully saturated rings. The maximum Gasteiger partial charge on any atom is 0.265 e. The first kappa shape index (κ1) is 20.6. The fourth-order valence-corrected chi connectivity index (χ4v) is 4.25. The van der Waals surface area contributed by atoms with E-state index in [4.69, 9.17) is 0 Å². The Balaban J connectivity index is 1.56. The molecule has 1 saturated heterocycles. The van der Waals surface area contributed by atoms with Crippen LogP contribution in [0.4, 0.5) is 14.7 Å². The topological polar surface area (TPSA) is 113 Å². The molecule has 1 aliphatic rings. The number of anilines is 1. The van der Waals surface area contributed by atoms with Gasteiger partial charge in [0, 0.05) is 24.8 Å². The molecule has 30 heavy (non-hydrogen) atoms. The predicted octanol–water partition coefficient (Wildman–Crippen LogP) is 1.54. The number of fused-ring (bicyclic) bond motifs is 1. The zero-order valence-electron chi connectivity index (χ0n) is 16.0. The second-order valence-corrected chi connectivity index (χ2v) is 9.12. The lowest BCUT2D eigenvalue weighted by molar-refractivity contribution is 0.0950. The Kier molecular flexibility index (Phi) is 5.38. The van der Waals surface area contributed by atoms with Crippen LogP contribution < -0.4 is 5.32 Å². The van der Waals surface area contributed by atoms with Gasteiger partial charge in [-0.05, 0) is 30.7 Å². The molecule has 12 heteroatoms. The zero-order chi connectivity index (χ0) is 21.5. The largest absolute Gasteiger partial charge is 0.390 e. The molecule has 0 saturated carbocycles. The van der Waals surface area contributed by atoms with E-state index in [9.17, 15) is 22.3 Å². The minimum absolute atomic E-state index is 0.00603. The molecule has 2 atom stereocenters. The summed E-state index contributed by atoms with van der Waals surface area (Å²) < 4.78 is 51.7. The highest BCUT2D eigenvalue weighted by Gasteiger charge is 2.32. The van der Waals surface area contributed by atoms with Crippen LogP contribution in [0.2, 0.25) is 0 Å². The molecule has 4 heterocycles. The van der Waals surface area contributed by atoms with Crippen molar-refractivity contribution in [2.24, 2.45) is 0 Å². The lowest BCUT2D eigenvalue weighted by Crippen LogP contribution is -2.51. The van der Waals surface area contributed by atoms with Gasteiger partial charge in [-0.3, -0.25) is 4.98 Å². The molecule has 3 aromatic heterocycles. The fraction of sp³-hybridized carbons (Fsp3) is 0.389. The SMILES string of the molecule is CS(=O)(=O)N1CC[C@@H](Nc2ncc3ccc(-c4ccc(C(F)F)cn4)n3n2)[C@H](O)C1. The average molecular weight is 438 g/mol. The number of sulfonamides is 1. The second kappa shape index (κ2) is 7.85. The van der Waals surface area contributed by atoms with Gasteiger partial charge in [-0.15, -0.1) is 5.10 Å². The van der Waals surface area contributed by atoms with Crippen molar-refractivity contribution in [3.63, 3.8) is 0 Å². The summed E-state index contributed by atoms with van der Waals surface area (Å²) in [6.45, 7) is 0.277. The van der Waals surface area contributed by atoms with Crippen LogP contribution in [-0.4, -0.2) is 68.9 Å². The minimum Gasteiger partial charge on any atom is -0.390 e. The number of aliphatic hydroxyl groups excluding tert-OH is 1. The molecule has 3 aromatic rings. The predicted molar refractivity (Wildman–Crippen MR) is 106 cm³/mol. The molecule has 1 aliphatic heterocycles. The molecule has 160 valence electrons. The molecule has 0 spiro atoms. The Morgan fingerprint density at radius 3 is 2.63 bits per heavy atom. The van der Waals surface area contributed by atoms with E-state index in [0.29, 0.717) is 23.3 Å². The summed E-state index contributed by atoms with van der Waals surface area (Å²) in [6.07, 6.45) is 0.718. The number of piperidine rings is 1. The van der Waals surface area contributed by atoms with E-state index in [1.165, 1.54) is 16.4 Å². The van der Waals surface area contributed by atoms with Crippen molar-refractivity contribution in [3.05, 3.63) is 42.2 Å². The van der Waals surface area contributed by atoms with Crippen molar-refractivity contribution in [1.82, 2.24) is 23.9 Å². The number of pyridine rings is 1. The highest BCUT2D eigenvalue weighted by molar-refractivity contribution is 7.88. The van der Waals surface area contributed by atoms with Gasteiger partial charge in [-0.1, -0.05) is 0 Å². The van der Waals surface area contributed by atoms with Crippen LogP contribution in [0.25, 0.3) is 16.9 Å². The van der Waals surface area contributed by atoms with E-state index in [1.54, 1.807) is 22.8 Å². The number of aromatic nitrogens is 4. The molecule has 0 bridgehead atoms. The van der Waals surface area contributed by atoms with E-state index in [1.807, 2.05) is 0 Å². The van der Waals surface area contributed by atoms with E-state index in [-0.39, 0.29) is 24.6 Å². The lowest BCUT2D eigenvalue weighted by Gasteiger charge is -2.34. The molecule has 9 nitrogen and oxygen atoms in total. The maximum atomic E-state index is 12.8. The molecular formula is C18H20F2N6O3S. The van der Waals surface area contributed by atoms with Crippen molar-refractivity contribution in [3.8, 4) is 11.4 Å². The first-order valence-electron chi connectivity index (χ1n) is 9.21. The summed E-state index contributed by atoms with van der Waals surface area (Å²) in [5, 5.41) is 17.8. The first-order chi connectivity index (χ1) is 14.2. The smallest absolute Gasteiger partial charge is 0.265 e. The van der Waals surface area contributed by atoms with Crippen LogP contribution in [0.15, 0.2) is 36.7 Å². The minimum atomic E-state index is -3.36. The van der Waals surface area contributed by atoms with E-state index < -0.39 is 28.6 Å². The van der Waals surface area contributed by atoms with Gasteiger partial charge in [0.05, 0.1) is 41.5 Å². The number of β-amino-alcohol motifs (C(OH)–C–C–N with tert-alkyl or cyclic N) is 1. The van der Waals surface area contributed by atoms with E-state index in [0.717, 1.165) is 12.5 Å². The number of aliphatic hydroxyl groups is 1. The third-order valence-corrected chi connectivity index (χ3v) is 6.30. The van der Waals surface area contributed by atoms with Crippen molar-refractivity contribution in [1.29, 1.82) is 0 Å². The number of halogens is 2. The summed E-state index contributed by atoms with van der Waals surface area (Å²) >= 11 is 0. The van der Waals surface area contributed by atoms with Crippen molar-refractivity contribution >= 4 is 21.5 Å². The highest BCUT2D eigenvalue weighted by atomic mass is 32.2. The molecule has 0 unspecified atom stereocenters. The quantitative estimate of drug-likeness (QED) is 0.621. The molecule has 4 rings (SSSR count). The van der Waals surface area contributed by atoms with Crippen LogP contribution in [0.1, 0.15) is 18.4 Å². The number of hydrogen-bond acceptors (Lipinski definition) is 7. The standard InChI is InChI=1S/C18H20F2N6O3S/c1-30(28,29)25-7-6-14(16(27)10-25)23-18-22-9-12-3-5-15(26(12)24-18)13-4-2-11(8-21-13)17(19)20/h2-5,8-9,14,16-17,27H,6-7,10H2,1H3,(H,23,24)/t14-,16-/m1/s1. The van der Waals surface area contributed by atoms with Crippen molar-refractivity contribution < 1.29 is 22.3 Å². The normalized spacial score (nSPS) is 20.7. The Bertz CT molecular complexity index is 1150. The highest BCUT2D eigenvalue weighted by Crippen LogP contribution is 2.24. The van der Waals surface area contributed by atoms with Crippen LogP contribution in [0.3, 0.4) is 0 Å². The molecule has 0 aromatic carbocycles. The Morgan fingerprint density at radius 1 is 1.20 bits per heavy atom. The van der Waals surface area contributed by atoms with Crippen LogP contribution >= 0.6 is 0 Å². The first-order valence-corrected chi connectivity index (χ1v) is 11.1. The summed E-state index contributed by atoms with van der Waals surface area (Å²) in [4.78, 5) is 8.34. The summed E-state index contributed by atoms with van der Waals surface area (Å²) in [6, 6.07) is 5.95. The summed E-state index contributed by atoms with van der Waals surface area (Å²) in [5.41, 5.74) is 1.60. The van der Waals surface area contributed by atoms with Gasteiger partial charge in [0.25, 0.3) is 6.43 Å². The number of rotatable bonds is 5. The van der Waals surface area contributed by atoms with Gasteiger partial charge in [0.2, 0.25) is 16.0 Å². The van der Waals surface area contributed by atoms with Crippen molar-refractivity contribution in [2.75, 3.05) is 24.7 Å². The summed E-state index contributed by atoms with van der Waals surface area (Å²) in [5.74, 6) is 0.251. The lowest BCUT2D eigenvalue weighted by atomic mass is 10.0. The number of alkyl halides is 2. The Morgan fingerprint density at radius 2 is 2.00 bits per heavy atom. The molecule has 0 amide bonds. The van der Waals surface area contributed by atoms with Gasteiger partial charge >= 0.3 is 0 Å². The van der Waals surface area contributed by atoms with Crippen molar-refractivity contribution in [2.45, 2.75) is 25.0 Å². The number of nitrogens with one attached hydrogen (secondary N) is 1. The van der Waals surface area contributed by atoms with Crippen LogP contribution in [-0.2, 0) is 10.0 Å². The van der Waals surface area contributed by atoms with Crippen LogP contribution in [0, 0.1) is 0 Å². The number of hydrogen-bond donors (Lipinski definition) is 2. The number of nitrogens with zero attached hydrogens (tertiary/aromatic N) is 5. The third kappa shape index (κ3) is 4.11. The van der Waals surface area contributed by atoms with Gasteiger partial charge in [0.1, 0.15) is 0 Å². The Hall–Kier alpha value is -2.70. The summed E-state index contributed by atoms with van der Waals surface area (Å²) in [7, 11) is -3.36. The zero-order valence-corrected chi connectivity index (χ0v) is 16.8. The molecule has 0 aliphatic carbocycles. The maximum absolute atomic E-state index is 12.8. The second-order valence-electron chi connectivity index (χ2n) is 7.14. The average Bonchev–Trinajstić information content (AvgIpc) is 3.12. The monoisotopic (exact) mass is 438 g/mol. The van der Waals surface area contributed by atoms with Crippen LogP contribution in [0.5, 0.6) is 0 Å². The van der Waals surface area contributed by atoms with E-state index >= 15 is 0 Å². The van der Waals surface area contributed by atoms with Gasteiger partial charge < -0.3 is 10.4 Å². The fourth-order valence-electron chi connectivity index (χ4n) is 3.39. The Labute approximate surface area is 171 Å². The third-order valence-electron chi connectivity index (χ3n) is 5.03. The van der Waals surface area contributed by atoms with Gasteiger partial charge in [-0.25, -0.2) is 26.7 Å². The molecular weight excluding hydrogens is 418 g/mol. The molecule has 2 N–H and O–H groups in total. The van der Waals surface area contributed by atoms with Gasteiger partial charge in [-0.2, -0.15) is 4.31 Å². The van der Waals surface area contributed by atoms with Gasteiger partial charge in [0.15, 0.2) is 0 Å². The molecule has 0 radical (unpaired) electrons. The van der Waals surface area contributed by atoms with E-state index in [2.05, 4.69) is 20.4 Å².